The van der Waals surface area contributed by atoms with Crippen molar-refractivity contribution in [3.63, 3.8) is 0 Å². The number of carbonyl (C=O) groups excluding carboxylic acids is 1. The fourth-order valence-corrected chi connectivity index (χ4v) is 2.43. The van der Waals surface area contributed by atoms with Crippen LogP contribution in [0, 0.1) is 0 Å². The molecule has 98 valence electrons. The Labute approximate surface area is 121 Å². The van der Waals surface area contributed by atoms with Gasteiger partial charge in [-0.25, -0.2) is 0 Å². The van der Waals surface area contributed by atoms with Crippen LogP contribution in [0.3, 0.4) is 0 Å². The highest BCUT2D eigenvalue weighted by Gasteiger charge is 2.13. The molecule has 0 fully saturated rings. The first-order chi connectivity index (χ1) is 9.65. The Kier molecular flexibility index (Phi) is 3.17. The average Bonchev–Trinajstić information content (AvgIpc) is 2.46. The van der Waals surface area contributed by atoms with Crippen LogP contribution in [-0.2, 0) is 0 Å². The van der Waals surface area contributed by atoms with E-state index < -0.39 is 0 Å². The predicted octanol–water partition coefficient (Wildman–Crippen LogP) is 4.31. The van der Waals surface area contributed by atoms with E-state index in [0.717, 1.165) is 10.8 Å². The second-order valence-corrected chi connectivity index (χ2v) is 5.06. The largest absolute Gasteiger partial charge is 0.398 e. The zero-order chi connectivity index (χ0) is 14.1. The molecular weight excluding hydrogens is 270 g/mol. The van der Waals surface area contributed by atoms with Gasteiger partial charge < -0.3 is 5.73 Å². The van der Waals surface area contributed by atoms with Crippen LogP contribution in [0.2, 0.25) is 5.02 Å². The summed E-state index contributed by atoms with van der Waals surface area (Å²) in [5.41, 5.74) is 7.54. The van der Waals surface area contributed by atoms with Gasteiger partial charge in [0, 0.05) is 21.8 Å². The third kappa shape index (κ3) is 2.26. The molecule has 0 bridgehead atoms. The van der Waals surface area contributed by atoms with Crippen molar-refractivity contribution in [3.05, 3.63) is 76.8 Å². The third-order valence-corrected chi connectivity index (χ3v) is 3.48. The molecule has 3 rings (SSSR count). The van der Waals surface area contributed by atoms with Crippen LogP contribution in [0.25, 0.3) is 10.8 Å². The summed E-state index contributed by atoms with van der Waals surface area (Å²) < 4.78 is 0. The Hall–Kier alpha value is -2.32. The van der Waals surface area contributed by atoms with E-state index in [-0.39, 0.29) is 5.78 Å². The molecule has 0 heterocycles. The van der Waals surface area contributed by atoms with Gasteiger partial charge in [0.15, 0.2) is 5.78 Å². The van der Waals surface area contributed by atoms with Crippen LogP contribution < -0.4 is 5.73 Å². The fraction of sp³-hybridized carbons (Fsp3) is 0. The van der Waals surface area contributed by atoms with Gasteiger partial charge in [-0.15, -0.1) is 0 Å². The van der Waals surface area contributed by atoms with Crippen molar-refractivity contribution in [2.24, 2.45) is 0 Å². The van der Waals surface area contributed by atoms with Crippen LogP contribution in [0.5, 0.6) is 0 Å². The predicted molar refractivity (Wildman–Crippen MR) is 83.2 cm³/mol. The highest BCUT2D eigenvalue weighted by Crippen LogP contribution is 2.24. The van der Waals surface area contributed by atoms with Crippen molar-refractivity contribution < 1.29 is 4.79 Å². The lowest BCUT2D eigenvalue weighted by Gasteiger charge is -2.07. The maximum Gasteiger partial charge on any atom is 0.195 e. The molecule has 0 aromatic heterocycles. The maximum absolute atomic E-state index is 12.5. The summed E-state index contributed by atoms with van der Waals surface area (Å²) >= 11 is 5.93. The standard InChI is InChI=1S/C17H12ClNO/c18-14-7-3-6-13(8-14)17(20)15-9-11-4-1-2-5-12(11)10-16(15)19/h1-10H,19H2. The average molecular weight is 282 g/mol. The molecule has 0 amide bonds. The molecule has 0 radical (unpaired) electrons. The summed E-state index contributed by atoms with van der Waals surface area (Å²) in [4.78, 5) is 12.5. The van der Waals surface area contributed by atoms with E-state index in [1.807, 2.05) is 36.4 Å². The summed E-state index contributed by atoms with van der Waals surface area (Å²) in [6.07, 6.45) is 0. The fourth-order valence-electron chi connectivity index (χ4n) is 2.24. The molecular formula is C17H12ClNO. The number of ketones is 1. The van der Waals surface area contributed by atoms with Crippen LogP contribution in [0.1, 0.15) is 15.9 Å². The van der Waals surface area contributed by atoms with Gasteiger partial charge in [-0.3, -0.25) is 4.79 Å². The molecule has 0 atom stereocenters. The maximum atomic E-state index is 12.5. The van der Waals surface area contributed by atoms with E-state index in [9.17, 15) is 4.79 Å². The quantitative estimate of drug-likeness (QED) is 0.562. The van der Waals surface area contributed by atoms with E-state index in [1.165, 1.54) is 0 Å². The lowest BCUT2D eigenvalue weighted by Crippen LogP contribution is -2.05. The molecule has 0 saturated heterocycles. The Bertz CT molecular complexity index is 811. The molecule has 0 saturated carbocycles. The van der Waals surface area contributed by atoms with Crippen molar-refractivity contribution >= 4 is 33.8 Å². The van der Waals surface area contributed by atoms with Gasteiger partial charge >= 0.3 is 0 Å². The van der Waals surface area contributed by atoms with Crippen molar-refractivity contribution in [2.45, 2.75) is 0 Å². The molecule has 0 unspecified atom stereocenters. The van der Waals surface area contributed by atoms with Crippen molar-refractivity contribution in [1.29, 1.82) is 0 Å². The number of rotatable bonds is 2. The number of benzene rings is 3. The Morgan fingerprint density at radius 2 is 1.60 bits per heavy atom. The van der Waals surface area contributed by atoms with Crippen LogP contribution in [0.15, 0.2) is 60.7 Å². The number of fused-ring (bicyclic) bond motifs is 1. The van der Waals surface area contributed by atoms with Crippen molar-refractivity contribution in [3.8, 4) is 0 Å². The molecule has 20 heavy (non-hydrogen) atoms. The Balaban J connectivity index is 2.14. The zero-order valence-corrected chi connectivity index (χ0v) is 11.4. The normalized spacial score (nSPS) is 10.7. The van der Waals surface area contributed by atoms with Gasteiger partial charge in [0.05, 0.1) is 0 Å². The van der Waals surface area contributed by atoms with Gasteiger partial charge in [0.1, 0.15) is 0 Å². The molecule has 3 heteroatoms. The lowest BCUT2D eigenvalue weighted by atomic mass is 9.98. The Morgan fingerprint density at radius 1 is 0.900 bits per heavy atom. The summed E-state index contributed by atoms with van der Waals surface area (Å²) in [5.74, 6) is -0.115. The minimum atomic E-state index is -0.115. The number of carbonyl (C=O) groups is 1. The van der Waals surface area contributed by atoms with Gasteiger partial charge in [-0.1, -0.05) is 48.0 Å². The lowest BCUT2D eigenvalue weighted by molar-refractivity contribution is 0.103. The van der Waals surface area contributed by atoms with Gasteiger partial charge in [0.25, 0.3) is 0 Å². The monoisotopic (exact) mass is 281 g/mol. The number of halogens is 1. The molecule has 3 aromatic carbocycles. The molecule has 0 aliphatic heterocycles. The van der Waals surface area contributed by atoms with E-state index in [1.54, 1.807) is 24.3 Å². The first kappa shape index (κ1) is 12.7. The van der Waals surface area contributed by atoms with Crippen molar-refractivity contribution in [2.75, 3.05) is 5.73 Å². The number of hydrogen-bond acceptors (Lipinski definition) is 2. The first-order valence-corrected chi connectivity index (χ1v) is 6.61. The van der Waals surface area contributed by atoms with Crippen LogP contribution >= 0.6 is 11.6 Å². The summed E-state index contributed by atoms with van der Waals surface area (Å²) in [7, 11) is 0. The smallest absolute Gasteiger partial charge is 0.195 e. The Morgan fingerprint density at radius 3 is 2.30 bits per heavy atom. The van der Waals surface area contributed by atoms with Crippen molar-refractivity contribution in [1.82, 2.24) is 0 Å². The van der Waals surface area contributed by atoms with E-state index in [2.05, 4.69) is 0 Å². The van der Waals surface area contributed by atoms with E-state index >= 15 is 0 Å². The van der Waals surface area contributed by atoms with Crippen LogP contribution in [0.4, 0.5) is 5.69 Å². The van der Waals surface area contributed by atoms with E-state index in [0.29, 0.717) is 21.8 Å². The topological polar surface area (TPSA) is 43.1 Å². The molecule has 3 aromatic rings. The highest BCUT2D eigenvalue weighted by molar-refractivity contribution is 6.31. The van der Waals surface area contributed by atoms with E-state index in [4.69, 9.17) is 17.3 Å². The number of anilines is 1. The molecule has 2 N–H and O–H groups in total. The van der Waals surface area contributed by atoms with Gasteiger partial charge in [-0.05, 0) is 35.0 Å². The summed E-state index contributed by atoms with van der Waals surface area (Å²) in [6, 6.07) is 18.4. The van der Waals surface area contributed by atoms with Gasteiger partial charge in [-0.2, -0.15) is 0 Å². The third-order valence-electron chi connectivity index (χ3n) is 3.25. The SMILES string of the molecule is Nc1cc2ccccc2cc1C(=O)c1cccc(Cl)c1. The first-order valence-electron chi connectivity index (χ1n) is 6.24. The second kappa shape index (κ2) is 4.99. The molecule has 0 aliphatic rings. The number of hydrogen-bond donors (Lipinski definition) is 1. The molecule has 2 nitrogen and oxygen atoms in total. The number of nitrogen functional groups attached to an aromatic ring is 1. The number of nitrogens with two attached hydrogens (primary N) is 1. The minimum Gasteiger partial charge on any atom is -0.398 e. The van der Waals surface area contributed by atoms with Gasteiger partial charge in [0.2, 0.25) is 0 Å². The zero-order valence-electron chi connectivity index (χ0n) is 10.6. The van der Waals surface area contributed by atoms with Crippen LogP contribution in [-0.4, -0.2) is 5.78 Å². The summed E-state index contributed by atoms with van der Waals surface area (Å²) in [6.45, 7) is 0. The second-order valence-electron chi connectivity index (χ2n) is 4.63. The summed E-state index contributed by atoms with van der Waals surface area (Å²) in [5, 5.41) is 2.55. The minimum absolute atomic E-state index is 0.115. The highest BCUT2D eigenvalue weighted by atomic mass is 35.5. The molecule has 0 spiro atoms. The molecule has 0 aliphatic carbocycles.